The van der Waals surface area contributed by atoms with Gasteiger partial charge in [0.25, 0.3) is 0 Å². The molecule has 0 amide bonds. The SMILES string of the molecule is O=C1C(=O)c2ccccc2/C1=C/C1=Cc2cc3sc4cc5c(cc4c3cc2C12CCCCC2)C1(CCCCC1)C(/C=C1\C(=O)C(=O)c2ccccc21)=C5. The number of rotatable bonds is 2. The van der Waals surface area contributed by atoms with E-state index in [9.17, 15) is 19.2 Å². The van der Waals surface area contributed by atoms with Crippen molar-refractivity contribution >= 4 is 77.9 Å². The first-order valence-electron chi connectivity index (χ1n) is 19.2. The lowest BCUT2D eigenvalue weighted by atomic mass is 9.66. The van der Waals surface area contributed by atoms with Gasteiger partial charge in [0, 0.05) is 53.3 Å². The molecule has 0 aliphatic heterocycles. The highest BCUT2D eigenvalue weighted by Crippen LogP contribution is 2.57. The number of thiophene rings is 1. The Balaban J connectivity index is 1.06. The van der Waals surface area contributed by atoms with Crippen LogP contribution in [0.5, 0.6) is 0 Å². The zero-order chi connectivity index (χ0) is 35.6. The third-order valence-electron chi connectivity index (χ3n) is 13.4. The van der Waals surface area contributed by atoms with Gasteiger partial charge in [0.15, 0.2) is 0 Å². The van der Waals surface area contributed by atoms with E-state index in [1.165, 1.54) is 55.3 Å². The molecule has 0 bridgehead atoms. The van der Waals surface area contributed by atoms with Crippen LogP contribution in [0.2, 0.25) is 0 Å². The number of carbonyl (C=O) groups is 4. The van der Waals surface area contributed by atoms with E-state index < -0.39 is 23.1 Å². The van der Waals surface area contributed by atoms with Gasteiger partial charge in [0.1, 0.15) is 0 Å². The largest absolute Gasteiger partial charge is 0.285 e. The fourth-order valence-electron chi connectivity index (χ4n) is 10.8. The summed E-state index contributed by atoms with van der Waals surface area (Å²) in [6.07, 6.45) is 19.7. The zero-order valence-corrected chi connectivity index (χ0v) is 30.2. The molecule has 5 aromatic rings. The molecule has 0 N–H and O–H groups in total. The van der Waals surface area contributed by atoms with Crippen molar-refractivity contribution in [2.75, 3.05) is 0 Å². The quantitative estimate of drug-likeness (QED) is 0.135. The minimum atomic E-state index is -0.405. The molecule has 258 valence electrons. The molecule has 0 unspecified atom stereocenters. The van der Waals surface area contributed by atoms with E-state index in [-0.39, 0.29) is 10.8 Å². The summed E-state index contributed by atoms with van der Waals surface area (Å²) in [5.41, 5.74) is 10.7. The van der Waals surface area contributed by atoms with E-state index in [4.69, 9.17) is 0 Å². The summed E-state index contributed by atoms with van der Waals surface area (Å²) < 4.78 is 2.51. The Morgan fingerprint density at radius 3 is 1.28 bits per heavy atom. The Kier molecular flexibility index (Phi) is 6.57. The molecule has 2 spiro atoms. The van der Waals surface area contributed by atoms with Gasteiger partial charge in [0.2, 0.25) is 23.1 Å². The van der Waals surface area contributed by atoms with Gasteiger partial charge < -0.3 is 0 Å². The van der Waals surface area contributed by atoms with Crippen molar-refractivity contribution in [3.8, 4) is 0 Å². The number of Topliss-reactive ketones (excluding diaryl/α,β-unsaturated/α-hetero) is 4. The second kappa shape index (κ2) is 11.1. The minimum absolute atomic E-state index is 0.187. The summed E-state index contributed by atoms with van der Waals surface area (Å²) in [6.45, 7) is 0. The van der Waals surface area contributed by atoms with Crippen molar-refractivity contribution in [3.63, 3.8) is 0 Å². The lowest BCUT2D eigenvalue weighted by molar-refractivity contribution is -0.110. The molecule has 1 aromatic heterocycles. The molecular weight excluding hydrogens is 673 g/mol. The van der Waals surface area contributed by atoms with Crippen molar-refractivity contribution in [3.05, 3.63) is 141 Å². The fraction of sp³-hybridized carbons (Fsp3) is 0.250. The van der Waals surface area contributed by atoms with Crippen LogP contribution in [0.15, 0.2) is 96.1 Å². The smallest absolute Gasteiger partial charge is 0.234 e. The molecule has 2 fully saturated rings. The molecule has 0 radical (unpaired) electrons. The summed E-state index contributed by atoms with van der Waals surface area (Å²) >= 11 is 1.83. The molecule has 11 rings (SSSR count). The highest BCUT2D eigenvalue weighted by molar-refractivity contribution is 7.25. The molecule has 53 heavy (non-hydrogen) atoms. The number of hydrogen-bond acceptors (Lipinski definition) is 5. The maximum Gasteiger partial charge on any atom is 0.234 e. The first kappa shape index (κ1) is 31.3. The molecule has 0 atom stereocenters. The van der Waals surface area contributed by atoms with E-state index in [1.807, 2.05) is 59.9 Å². The summed E-state index contributed by atoms with van der Waals surface area (Å²) in [7, 11) is 0. The van der Waals surface area contributed by atoms with Crippen molar-refractivity contribution in [2.45, 2.75) is 75.0 Å². The third-order valence-corrected chi connectivity index (χ3v) is 14.5. The van der Waals surface area contributed by atoms with Crippen molar-refractivity contribution in [1.82, 2.24) is 0 Å². The minimum Gasteiger partial charge on any atom is -0.285 e. The predicted octanol–water partition coefficient (Wildman–Crippen LogP) is 11.0. The Labute approximate surface area is 311 Å². The normalized spacial score (nSPS) is 22.3. The number of allylic oxidation sites excluding steroid dienone is 6. The number of fused-ring (bicyclic) bond motifs is 9. The van der Waals surface area contributed by atoms with E-state index in [0.29, 0.717) is 22.3 Å². The van der Waals surface area contributed by atoms with Crippen LogP contribution in [0.1, 0.15) is 118 Å². The van der Waals surface area contributed by atoms with E-state index >= 15 is 0 Å². The number of carbonyl (C=O) groups excluding carboxylic acids is 4. The maximum atomic E-state index is 13.3. The predicted molar refractivity (Wildman–Crippen MR) is 212 cm³/mol. The molecule has 6 aliphatic rings. The van der Waals surface area contributed by atoms with Gasteiger partial charge in [0.05, 0.1) is 0 Å². The van der Waals surface area contributed by atoms with E-state index in [0.717, 1.165) is 73.6 Å². The van der Waals surface area contributed by atoms with Crippen molar-refractivity contribution in [1.29, 1.82) is 0 Å². The van der Waals surface area contributed by atoms with E-state index in [1.54, 1.807) is 12.1 Å². The van der Waals surface area contributed by atoms with Crippen molar-refractivity contribution < 1.29 is 19.2 Å². The second-order valence-electron chi connectivity index (χ2n) is 16.0. The van der Waals surface area contributed by atoms with Crippen LogP contribution in [-0.2, 0) is 20.4 Å². The number of ketones is 4. The standard InChI is InChI=1S/C48H36O4S/c49-43-33-13-5-3-11-31(33)37(45(43)51)23-29-19-27-21-41-35(25-39(27)47(29)15-7-1-8-16-47)36-26-40-28(22-42(36)53-41)20-30(48(40)17-9-2-10-18-48)24-38-32-12-4-6-14-34(32)44(50)46(38)52/h3-6,11-14,19-26H,1-2,7-10,15-18H2/b37-23-,38-24-. The Bertz CT molecular complexity index is 2510. The molecule has 1 heterocycles. The highest BCUT2D eigenvalue weighted by Gasteiger charge is 2.45. The highest BCUT2D eigenvalue weighted by atomic mass is 32.1. The van der Waals surface area contributed by atoms with Crippen LogP contribution in [0.25, 0.3) is 43.5 Å². The number of benzene rings is 4. The molecule has 5 heteroatoms. The van der Waals surface area contributed by atoms with Gasteiger partial charge in [-0.25, -0.2) is 0 Å². The number of hydrogen-bond donors (Lipinski definition) is 0. The first-order valence-corrected chi connectivity index (χ1v) is 20.0. The molecule has 2 saturated carbocycles. The molecule has 4 nitrogen and oxygen atoms in total. The van der Waals surface area contributed by atoms with Crippen LogP contribution < -0.4 is 0 Å². The molecule has 6 aliphatic carbocycles. The Morgan fingerprint density at radius 1 is 0.472 bits per heavy atom. The average molecular weight is 709 g/mol. The summed E-state index contributed by atoms with van der Waals surface area (Å²) in [5.74, 6) is -1.61. The summed E-state index contributed by atoms with van der Waals surface area (Å²) in [6, 6.07) is 24.4. The first-order chi connectivity index (χ1) is 25.9. The van der Waals surface area contributed by atoms with Crippen LogP contribution in [0, 0.1) is 0 Å². The topological polar surface area (TPSA) is 68.3 Å². The molecular formula is C48H36O4S. The van der Waals surface area contributed by atoms with Crippen LogP contribution in [0.3, 0.4) is 0 Å². The average Bonchev–Trinajstić information content (AvgIpc) is 3.91. The lowest BCUT2D eigenvalue weighted by Crippen LogP contribution is -2.29. The summed E-state index contributed by atoms with van der Waals surface area (Å²) in [4.78, 5) is 52.6. The van der Waals surface area contributed by atoms with Gasteiger partial charge in [-0.1, -0.05) is 99.2 Å². The molecule has 4 aromatic carbocycles. The van der Waals surface area contributed by atoms with Gasteiger partial charge in [-0.3, -0.25) is 19.2 Å². The lowest BCUT2D eigenvalue weighted by Gasteiger charge is -2.37. The van der Waals surface area contributed by atoms with Crippen LogP contribution in [-0.4, -0.2) is 23.1 Å². The zero-order valence-electron chi connectivity index (χ0n) is 29.3. The van der Waals surface area contributed by atoms with Crippen LogP contribution >= 0.6 is 11.3 Å². The third kappa shape index (κ3) is 4.23. The van der Waals surface area contributed by atoms with Gasteiger partial charge >= 0.3 is 0 Å². The van der Waals surface area contributed by atoms with Gasteiger partial charge in [-0.15, -0.1) is 11.3 Å². The monoisotopic (exact) mass is 708 g/mol. The van der Waals surface area contributed by atoms with Gasteiger partial charge in [-0.05, 0) is 107 Å². The van der Waals surface area contributed by atoms with Crippen molar-refractivity contribution in [2.24, 2.45) is 0 Å². The Hall–Kier alpha value is -5.26. The van der Waals surface area contributed by atoms with Gasteiger partial charge in [-0.2, -0.15) is 0 Å². The van der Waals surface area contributed by atoms with E-state index in [2.05, 4.69) is 36.4 Å². The molecule has 0 saturated heterocycles. The Morgan fingerprint density at radius 2 is 0.868 bits per heavy atom. The summed E-state index contributed by atoms with van der Waals surface area (Å²) in [5, 5.41) is 2.55. The maximum absolute atomic E-state index is 13.3. The fourth-order valence-corrected chi connectivity index (χ4v) is 12.0. The van der Waals surface area contributed by atoms with Crippen LogP contribution in [0.4, 0.5) is 0 Å². The second-order valence-corrected chi connectivity index (χ2v) is 17.1.